The second-order valence-corrected chi connectivity index (χ2v) is 6.23. The Balaban J connectivity index is 2.17. The zero-order valence-corrected chi connectivity index (χ0v) is 12.8. The lowest BCUT2D eigenvalue weighted by atomic mass is 10.1. The third-order valence-electron chi connectivity index (χ3n) is 3.00. The van der Waals surface area contributed by atoms with E-state index in [0.29, 0.717) is 0 Å². The summed E-state index contributed by atoms with van der Waals surface area (Å²) in [7, 11) is -3.64. The van der Waals surface area contributed by atoms with Gasteiger partial charge >= 0.3 is 0 Å². The summed E-state index contributed by atoms with van der Waals surface area (Å²) in [5, 5.41) is 3.28. The van der Waals surface area contributed by atoms with Crippen molar-refractivity contribution < 1.29 is 8.42 Å². The molecule has 112 valence electrons. The van der Waals surface area contributed by atoms with Crippen LogP contribution in [0.25, 0.3) is 0 Å². The van der Waals surface area contributed by atoms with Gasteiger partial charge in [-0.05, 0) is 31.2 Å². The number of hydrogen-bond acceptors (Lipinski definition) is 5. The molecule has 0 saturated heterocycles. The van der Waals surface area contributed by atoms with Crippen molar-refractivity contribution in [2.45, 2.75) is 24.8 Å². The maximum Gasteiger partial charge on any atom is 0.263 e. The summed E-state index contributed by atoms with van der Waals surface area (Å²) in [4.78, 5) is 7.91. The fourth-order valence-electron chi connectivity index (χ4n) is 1.91. The molecule has 0 amide bonds. The molecule has 0 fully saturated rings. The van der Waals surface area contributed by atoms with Crippen LogP contribution in [-0.4, -0.2) is 24.9 Å². The van der Waals surface area contributed by atoms with Crippen molar-refractivity contribution in [3.63, 3.8) is 0 Å². The van der Waals surface area contributed by atoms with Gasteiger partial charge in [0.2, 0.25) is 0 Å². The lowest BCUT2D eigenvalue weighted by Gasteiger charge is -2.13. The molecule has 0 spiro atoms. The summed E-state index contributed by atoms with van der Waals surface area (Å²) >= 11 is 0. The molecule has 0 radical (unpaired) electrons. The van der Waals surface area contributed by atoms with Gasteiger partial charge in [-0.3, -0.25) is 9.71 Å². The first-order valence-corrected chi connectivity index (χ1v) is 8.13. The molecule has 0 aliphatic heterocycles. The smallest absolute Gasteiger partial charge is 0.263 e. The van der Waals surface area contributed by atoms with Crippen molar-refractivity contribution >= 4 is 15.8 Å². The van der Waals surface area contributed by atoms with Gasteiger partial charge in [0.1, 0.15) is 0 Å². The number of aromatic nitrogens is 2. The van der Waals surface area contributed by atoms with E-state index in [1.165, 1.54) is 18.6 Å². The van der Waals surface area contributed by atoms with Crippen LogP contribution in [0.3, 0.4) is 0 Å². The Kier molecular flexibility index (Phi) is 4.87. The van der Waals surface area contributed by atoms with Gasteiger partial charge < -0.3 is 5.32 Å². The SMILES string of the molecule is CCNC(C)c1ccc(S(=O)(=O)Nc2cnccn2)cc1. The molecule has 2 aromatic rings. The summed E-state index contributed by atoms with van der Waals surface area (Å²) in [6, 6.07) is 6.96. The molecule has 21 heavy (non-hydrogen) atoms. The lowest BCUT2D eigenvalue weighted by molar-refractivity contribution is 0.594. The number of nitrogens with one attached hydrogen (secondary N) is 2. The molecule has 1 unspecified atom stereocenters. The molecule has 2 N–H and O–H groups in total. The minimum Gasteiger partial charge on any atom is -0.310 e. The van der Waals surface area contributed by atoms with Crippen LogP contribution in [0.2, 0.25) is 0 Å². The maximum absolute atomic E-state index is 12.2. The molecule has 1 aromatic heterocycles. The molecular formula is C14H18N4O2S. The normalized spacial score (nSPS) is 12.9. The lowest BCUT2D eigenvalue weighted by Crippen LogP contribution is -2.18. The molecule has 2 rings (SSSR count). The van der Waals surface area contributed by atoms with Crippen LogP contribution in [0.4, 0.5) is 5.82 Å². The van der Waals surface area contributed by atoms with Gasteiger partial charge in [-0.1, -0.05) is 19.1 Å². The molecule has 1 atom stereocenters. The number of sulfonamides is 1. The predicted octanol–water partition coefficient (Wildman–Crippen LogP) is 1.95. The van der Waals surface area contributed by atoms with Gasteiger partial charge in [0.15, 0.2) is 5.82 Å². The van der Waals surface area contributed by atoms with Crippen molar-refractivity contribution in [3.05, 3.63) is 48.4 Å². The highest BCUT2D eigenvalue weighted by molar-refractivity contribution is 7.92. The number of hydrogen-bond donors (Lipinski definition) is 2. The van der Waals surface area contributed by atoms with E-state index in [0.717, 1.165) is 12.1 Å². The molecule has 0 saturated carbocycles. The van der Waals surface area contributed by atoms with E-state index < -0.39 is 10.0 Å². The monoisotopic (exact) mass is 306 g/mol. The molecule has 6 nitrogen and oxygen atoms in total. The highest BCUT2D eigenvalue weighted by Crippen LogP contribution is 2.18. The first kappa shape index (κ1) is 15.4. The predicted molar refractivity (Wildman–Crippen MR) is 81.4 cm³/mol. The summed E-state index contributed by atoms with van der Waals surface area (Å²) in [6.07, 6.45) is 4.27. The van der Waals surface area contributed by atoms with E-state index in [-0.39, 0.29) is 16.8 Å². The standard InChI is InChI=1S/C14H18N4O2S/c1-3-16-11(2)12-4-6-13(7-5-12)21(19,20)18-14-10-15-8-9-17-14/h4-11,16H,3H2,1-2H3,(H,17,18). The Morgan fingerprint density at radius 3 is 2.48 bits per heavy atom. The van der Waals surface area contributed by atoms with Crippen LogP contribution >= 0.6 is 0 Å². The van der Waals surface area contributed by atoms with E-state index >= 15 is 0 Å². The summed E-state index contributed by atoms with van der Waals surface area (Å²) in [5.74, 6) is 0.197. The molecule has 0 aliphatic rings. The van der Waals surface area contributed by atoms with Crippen molar-refractivity contribution in [2.75, 3.05) is 11.3 Å². The quantitative estimate of drug-likeness (QED) is 0.852. The van der Waals surface area contributed by atoms with Gasteiger partial charge in [-0.2, -0.15) is 0 Å². The highest BCUT2D eigenvalue weighted by Gasteiger charge is 2.15. The third kappa shape index (κ3) is 3.99. The fraction of sp³-hybridized carbons (Fsp3) is 0.286. The molecule has 0 aliphatic carbocycles. The third-order valence-corrected chi connectivity index (χ3v) is 4.37. The van der Waals surface area contributed by atoms with E-state index in [4.69, 9.17) is 0 Å². The van der Waals surface area contributed by atoms with E-state index in [1.54, 1.807) is 24.3 Å². The van der Waals surface area contributed by atoms with Crippen LogP contribution in [0.5, 0.6) is 0 Å². The first-order chi connectivity index (χ1) is 10.0. The van der Waals surface area contributed by atoms with Crippen LogP contribution in [0, 0.1) is 0 Å². The van der Waals surface area contributed by atoms with E-state index in [1.807, 2.05) is 13.8 Å². The van der Waals surface area contributed by atoms with Crippen molar-refractivity contribution in [3.8, 4) is 0 Å². The zero-order chi connectivity index (χ0) is 15.3. The van der Waals surface area contributed by atoms with Gasteiger partial charge in [0, 0.05) is 18.4 Å². The second kappa shape index (κ2) is 6.64. The second-order valence-electron chi connectivity index (χ2n) is 4.54. The van der Waals surface area contributed by atoms with Crippen molar-refractivity contribution in [1.29, 1.82) is 0 Å². The average molecular weight is 306 g/mol. The average Bonchev–Trinajstić information content (AvgIpc) is 2.48. The first-order valence-electron chi connectivity index (χ1n) is 6.65. The minimum absolute atomic E-state index is 0.180. The van der Waals surface area contributed by atoms with Gasteiger partial charge in [0.25, 0.3) is 10.0 Å². The summed E-state index contributed by atoms with van der Waals surface area (Å²) in [5.41, 5.74) is 1.04. The van der Waals surface area contributed by atoms with E-state index in [2.05, 4.69) is 20.0 Å². The van der Waals surface area contributed by atoms with Gasteiger partial charge in [-0.15, -0.1) is 0 Å². The largest absolute Gasteiger partial charge is 0.310 e. The van der Waals surface area contributed by atoms with Crippen LogP contribution in [0.15, 0.2) is 47.8 Å². The summed E-state index contributed by atoms with van der Waals surface area (Å²) < 4.78 is 26.8. The zero-order valence-electron chi connectivity index (χ0n) is 11.9. The van der Waals surface area contributed by atoms with Gasteiger partial charge in [-0.25, -0.2) is 13.4 Å². The number of anilines is 1. The Labute approximate surface area is 124 Å². The van der Waals surface area contributed by atoms with Crippen LogP contribution in [-0.2, 0) is 10.0 Å². The van der Waals surface area contributed by atoms with Crippen molar-refractivity contribution in [2.24, 2.45) is 0 Å². The van der Waals surface area contributed by atoms with Gasteiger partial charge in [0.05, 0.1) is 11.1 Å². The highest BCUT2D eigenvalue weighted by atomic mass is 32.2. The van der Waals surface area contributed by atoms with Crippen LogP contribution in [0.1, 0.15) is 25.5 Å². The Morgan fingerprint density at radius 2 is 1.90 bits per heavy atom. The van der Waals surface area contributed by atoms with Crippen molar-refractivity contribution in [1.82, 2.24) is 15.3 Å². The maximum atomic E-state index is 12.2. The molecule has 7 heteroatoms. The number of nitrogens with zero attached hydrogens (tertiary/aromatic N) is 2. The molecular weight excluding hydrogens is 288 g/mol. The number of rotatable bonds is 6. The Hall–Kier alpha value is -1.99. The van der Waals surface area contributed by atoms with Crippen LogP contribution < -0.4 is 10.0 Å². The Bertz CT molecular complexity index is 672. The van der Waals surface area contributed by atoms with E-state index in [9.17, 15) is 8.42 Å². The number of benzene rings is 1. The summed E-state index contributed by atoms with van der Waals surface area (Å²) in [6.45, 7) is 4.92. The molecule has 1 heterocycles. The fourth-order valence-corrected chi connectivity index (χ4v) is 2.90. The molecule has 1 aromatic carbocycles. The molecule has 0 bridgehead atoms. The topological polar surface area (TPSA) is 84.0 Å². The minimum atomic E-state index is -3.64. The Morgan fingerprint density at radius 1 is 1.19 bits per heavy atom.